The van der Waals surface area contributed by atoms with Crippen LogP contribution in [0.1, 0.15) is 5.56 Å². The minimum atomic E-state index is -3.20. The van der Waals surface area contributed by atoms with Crippen molar-refractivity contribution >= 4 is 21.4 Å². The lowest BCUT2D eigenvalue weighted by Gasteiger charge is -2.02. The second-order valence-electron chi connectivity index (χ2n) is 2.77. The largest absolute Gasteiger partial charge is 0.326 e. The molecule has 5 heteroatoms. The molecule has 13 heavy (non-hydrogen) atoms. The summed E-state index contributed by atoms with van der Waals surface area (Å²) in [5.41, 5.74) is 6.09. The Balaban J connectivity index is 3.33. The lowest BCUT2D eigenvalue weighted by atomic mass is 10.2. The summed E-state index contributed by atoms with van der Waals surface area (Å²) in [5.74, 6) is 0. The van der Waals surface area contributed by atoms with Gasteiger partial charge in [0.2, 0.25) is 0 Å². The Morgan fingerprint density at radius 1 is 1.38 bits per heavy atom. The zero-order valence-corrected chi connectivity index (χ0v) is 8.69. The van der Waals surface area contributed by atoms with Crippen molar-refractivity contribution < 1.29 is 8.42 Å². The SMILES string of the molecule is CS(=O)(=O)c1cc(Cl)cc(CN)c1. The third kappa shape index (κ3) is 2.69. The van der Waals surface area contributed by atoms with E-state index in [2.05, 4.69) is 0 Å². The van der Waals surface area contributed by atoms with Crippen molar-refractivity contribution in [3.8, 4) is 0 Å². The summed E-state index contributed by atoms with van der Waals surface area (Å²) in [7, 11) is -3.20. The summed E-state index contributed by atoms with van der Waals surface area (Å²) in [4.78, 5) is 0.209. The highest BCUT2D eigenvalue weighted by Crippen LogP contribution is 2.18. The number of hydrogen-bond acceptors (Lipinski definition) is 3. The maximum absolute atomic E-state index is 11.2. The van der Waals surface area contributed by atoms with Gasteiger partial charge in [0.05, 0.1) is 4.90 Å². The van der Waals surface area contributed by atoms with Crippen LogP contribution in [0.15, 0.2) is 23.1 Å². The van der Waals surface area contributed by atoms with E-state index in [4.69, 9.17) is 17.3 Å². The maximum atomic E-state index is 11.2. The number of halogens is 1. The maximum Gasteiger partial charge on any atom is 0.175 e. The first-order chi connectivity index (χ1) is 5.93. The van der Waals surface area contributed by atoms with Gasteiger partial charge < -0.3 is 5.73 Å². The van der Waals surface area contributed by atoms with Gasteiger partial charge in [-0.05, 0) is 23.8 Å². The van der Waals surface area contributed by atoms with Crippen LogP contribution in [0.2, 0.25) is 5.02 Å². The van der Waals surface area contributed by atoms with Crippen molar-refractivity contribution in [1.82, 2.24) is 0 Å². The molecule has 0 aliphatic carbocycles. The molecule has 2 N–H and O–H groups in total. The zero-order chi connectivity index (χ0) is 10.1. The van der Waals surface area contributed by atoms with Crippen molar-refractivity contribution in [3.63, 3.8) is 0 Å². The van der Waals surface area contributed by atoms with Gasteiger partial charge in [-0.15, -0.1) is 0 Å². The number of sulfone groups is 1. The van der Waals surface area contributed by atoms with Gasteiger partial charge in [0.25, 0.3) is 0 Å². The lowest BCUT2D eigenvalue weighted by Crippen LogP contribution is -2.01. The van der Waals surface area contributed by atoms with E-state index in [1.807, 2.05) is 0 Å². The minimum absolute atomic E-state index is 0.209. The molecule has 0 saturated carbocycles. The second kappa shape index (κ2) is 3.65. The zero-order valence-electron chi connectivity index (χ0n) is 7.12. The molecule has 0 spiro atoms. The van der Waals surface area contributed by atoms with Crippen molar-refractivity contribution in [3.05, 3.63) is 28.8 Å². The van der Waals surface area contributed by atoms with Crippen LogP contribution in [0.5, 0.6) is 0 Å². The van der Waals surface area contributed by atoms with Crippen LogP contribution in [0, 0.1) is 0 Å². The fourth-order valence-electron chi connectivity index (χ4n) is 0.953. The molecule has 72 valence electrons. The van der Waals surface area contributed by atoms with Gasteiger partial charge in [0.1, 0.15) is 0 Å². The van der Waals surface area contributed by atoms with Gasteiger partial charge in [-0.25, -0.2) is 8.42 Å². The van der Waals surface area contributed by atoms with Gasteiger partial charge in [-0.1, -0.05) is 11.6 Å². The van der Waals surface area contributed by atoms with E-state index in [0.717, 1.165) is 6.26 Å². The normalized spacial score (nSPS) is 11.6. The van der Waals surface area contributed by atoms with E-state index in [1.165, 1.54) is 12.1 Å². The standard InChI is InChI=1S/C8H10ClNO2S/c1-13(11,12)8-3-6(5-10)2-7(9)4-8/h2-4H,5,10H2,1H3. The van der Waals surface area contributed by atoms with Gasteiger partial charge in [0, 0.05) is 17.8 Å². The minimum Gasteiger partial charge on any atom is -0.326 e. The molecule has 1 aromatic rings. The molecule has 0 fully saturated rings. The fourth-order valence-corrected chi connectivity index (χ4v) is 1.98. The van der Waals surface area contributed by atoms with Crippen LogP contribution >= 0.6 is 11.6 Å². The summed E-state index contributed by atoms with van der Waals surface area (Å²) < 4.78 is 22.3. The Bertz CT molecular complexity index is 414. The van der Waals surface area contributed by atoms with Gasteiger partial charge in [-0.2, -0.15) is 0 Å². The topological polar surface area (TPSA) is 60.2 Å². The molecular weight excluding hydrogens is 210 g/mol. The van der Waals surface area contributed by atoms with Crippen molar-refractivity contribution in [2.75, 3.05) is 6.26 Å². The molecule has 0 atom stereocenters. The van der Waals surface area contributed by atoms with Crippen LogP contribution in [0.25, 0.3) is 0 Å². The highest BCUT2D eigenvalue weighted by atomic mass is 35.5. The Kier molecular flexibility index (Phi) is 2.95. The van der Waals surface area contributed by atoms with E-state index in [9.17, 15) is 8.42 Å². The average molecular weight is 220 g/mol. The van der Waals surface area contributed by atoms with Gasteiger partial charge in [0.15, 0.2) is 9.84 Å². The number of benzene rings is 1. The molecule has 0 radical (unpaired) electrons. The van der Waals surface area contributed by atoms with Gasteiger partial charge in [-0.3, -0.25) is 0 Å². The molecule has 0 amide bonds. The molecule has 1 rings (SSSR count). The van der Waals surface area contributed by atoms with Crippen LogP contribution in [0.4, 0.5) is 0 Å². The first kappa shape index (κ1) is 10.5. The number of hydrogen-bond donors (Lipinski definition) is 1. The summed E-state index contributed by atoms with van der Waals surface area (Å²) in [6.45, 7) is 0.281. The molecule has 0 aromatic heterocycles. The third-order valence-corrected chi connectivity index (χ3v) is 2.91. The highest BCUT2D eigenvalue weighted by Gasteiger charge is 2.08. The Morgan fingerprint density at radius 3 is 2.46 bits per heavy atom. The Hall–Kier alpha value is -0.580. The third-order valence-electron chi connectivity index (χ3n) is 1.59. The summed E-state index contributed by atoms with van der Waals surface area (Å²) in [6, 6.07) is 4.59. The number of nitrogens with two attached hydrogens (primary N) is 1. The molecule has 0 unspecified atom stereocenters. The summed E-state index contributed by atoms with van der Waals surface area (Å²) >= 11 is 5.71. The molecule has 0 heterocycles. The van der Waals surface area contributed by atoms with E-state index < -0.39 is 9.84 Å². The van der Waals surface area contributed by atoms with Crippen molar-refractivity contribution in [2.24, 2.45) is 5.73 Å². The molecular formula is C8H10ClNO2S. The lowest BCUT2D eigenvalue weighted by molar-refractivity contribution is 0.601. The molecule has 0 aliphatic rings. The average Bonchev–Trinajstić information content (AvgIpc) is 2.01. The second-order valence-corrected chi connectivity index (χ2v) is 5.22. The fraction of sp³-hybridized carbons (Fsp3) is 0.250. The predicted octanol–water partition coefficient (Wildman–Crippen LogP) is 1.20. The smallest absolute Gasteiger partial charge is 0.175 e. The summed E-state index contributed by atoms with van der Waals surface area (Å²) in [6.07, 6.45) is 1.14. The predicted molar refractivity (Wildman–Crippen MR) is 52.5 cm³/mol. The van der Waals surface area contributed by atoms with Crippen molar-refractivity contribution in [2.45, 2.75) is 11.4 Å². The van der Waals surface area contributed by atoms with Crippen molar-refractivity contribution in [1.29, 1.82) is 0 Å². The number of rotatable bonds is 2. The van der Waals surface area contributed by atoms with Crippen LogP contribution in [-0.4, -0.2) is 14.7 Å². The molecule has 1 aromatic carbocycles. The summed E-state index contributed by atoms with van der Waals surface area (Å²) in [5, 5.41) is 0.392. The van der Waals surface area contributed by atoms with Gasteiger partial charge >= 0.3 is 0 Å². The first-order valence-corrected chi connectivity index (χ1v) is 5.90. The molecule has 0 saturated heterocycles. The van der Waals surface area contributed by atoms with E-state index in [1.54, 1.807) is 6.07 Å². The first-order valence-electron chi connectivity index (χ1n) is 3.63. The Labute approximate surface area is 82.4 Å². The monoisotopic (exact) mass is 219 g/mol. The molecule has 0 aliphatic heterocycles. The van der Waals surface area contributed by atoms with E-state index >= 15 is 0 Å². The molecule has 0 bridgehead atoms. The van der Waals surface area contributed by atoms with Crippen LogP contribution in [0.3, 0.4) is 0 Å². The van der Waals surface area contributed by atoms with E-state index in [0.29, 0.717) is 10.6 Å². The van der Waals surface area contributed by atoms with Crippen LogP contribution in [-0.2, 0) is 16.4 Å². The highest BCUT2D eigenvalue weighted by molar-refractivity contribution is 7.90. The van der Waals surface area contributed by atoms with E-state index in [-0.39, 0.29) is 11.4 Å². The molecule has 3 nitrogen and oxygen atoms in total. The Morgan fingerprint density at radius 2 is 2.00 bits per heavy atom. The van der Waals surface area contributed by atoms with Crippen LogP contribution < -0.4 is 5.73 Å². The quantitative estimate of drug-likeness (QED) is 0.813.